The summed E-state index contributed by atoms with van der Waals surface area (Å²) in [5, 5.41) is 0. The van der Waals surface area contributed by atoms with E-state index in [0.29, 0.717) is 35.9 Å². The van der Waals surface area contributed by atoms with Gasteiger partial charge in [0, 0.05) is 35.6 Å². The van der Waals surface area contributed by atoms with Crippen molar-refractivity contribution in [2.24, 2.45) is 17.4 Å². The van der Waals surface area contributed by atoms with Crippen molar-refractivity contribution in [2.45, 2.75) is 65.7 Å². The highest BCUT2D eigenvalue weighted by atomic mass is 19.1. The largest absolute Gasteiger partial charge is 0.490 e. The minimum Gasteiger partial charge on any atom is -0.490 e. The highest BCUT2D eigenvalue weighted by Crippen LogP contribution is 2.43. The Morgan fingerprint density at radius 2 is 1.92 bits per heavy atom. The summed E-state index contributed by atoms with van der Waals surface area (Å²) in [6.07, 6.45) is 10.3. The molecule has 4 N–H and O–H groups in total. The topological polar surface area (TPSA) is 91.2 Å². The fraction of sp³-hybridized carbons (Fsp3) is 0.419. The molecular formula is C31H43F2N3O2. The lowest BCUT2D eigenvalue weighted by atomic mass is 9.92. The zero-order valence-electron chi connectivity index (χ0n) is 23.4. The molecular weight excluding hydrogens is 484 g/mol. The molecule has 0 radical (unpaired) electrons. The van der Waals surface area contributed by atoms with Crippen LogP contribution in [0.15, 0.2) is 55.2 Å². The molecule has 3 atom stereocenters. The maximum absolute atomic E-state index is 14.5. The Labute approximate surface area is 226 Å². The van der Waals surface area contributed by atoms with Crippen molar-refractivity contribution >= 4 is 6.41 Å². The number of carbonyl (C=O) groups excluding carboxylic acids is 1. The lowest BCUT2D eigenvalue weighted by Gasteiger charge is -2.18. The van der Waals surface area contributed by atoms with Crippen LogP contribution in [0.3, 0.4) is 0 Å². The van der Waals surface area contributed by atoms with E-state index < -0.39 is 11.6 Å². The van der Waals surface area contributed by atoms with Crippen molar-refractivity contribution in [1.82, 2.24) is 4.98 Å². The molecule has 3 unspecified atom stereocenters. The van der Waals surface area contributed by atoms with Gasteiger partial charge in [-0.05, 0) is 42.5 Å². The van der Waals surface area contributed by atoms with E-state index >= 15 is 0 Å². The minimum absolute atomic E-state index is 0.144. The molecule has 1 aromatic heterocycles. The molecule has 3 rings (SSSR count). The molecule has 0 spiro atoms. The lowest BCUT2D eigenvalue weighted by Crippen LogP contribution is -2.16. The van der Waals surface area contributed by atoms with Crippen LogP contribution < -0.4 is 16.2 Å². The van der Waals surface area contributed by atoms with Crippen molar-refractivity contribution in [1.29, 1.82) is 0 Å². The summed E-state index contributed by atoms with van der Waals surface area (Å²) in [7, 11) is 0. The first-order chi connectivity index (χ1) is 18.1. The number of allylic oxidation sites excluding steroid dienone is 3. The van der Waals surface area contributed by atoms with Crippen molar-refractivity contribution in [2.75, 3.05) is 13.2 Å². The lowest BCUT2D eigenvalue weighted by molar-refractivity contribution is -0.106. The number of nitrogens with two attached hydrogens (primary N) is 2. The Balaban J connectivity index is 0.000000507. The van der Waals surface area contributed by atoms with Crippen LogP contribution in [0.25, 0.3) is 11.3 Å². The number of fused-ring (bicyclic) bond motifs is 1. The Hall–Kier alpha value is -3.32. The number of primary amides is 1. The number of aromatic nitrogens is 1. The summed E-state index contributed by atoms with van der Waals surface area (Å²) in [6, 6.07) is 4.28. The molecule has 2 aromatic rings. The number of carbonyl (C=O) groups is 1. The number of ether oxygens (including phenoxy) is 1. The first-order valence-electron chi connectivity index (χ1n) is 13.1. The third kappa shape index (κ3) is 8.91. The second-order valence-electron chi connectivity index (χ2n) is 9.41. The second-order valence-corrected chi connectivity index (χ2v) is 9.41. The number of pyridine rings is 1. The molecule has 1 aliphatic heterocycles. The van der Waals surface area contributed by atoms with Crippen molar-refractivity contribution in [3.8, 4) is 17.0 Å². The van der Waals surface area contributed by atoms with Gasteiger partial charge in [0.2, 0.25) is 6.41 Å². The minimum atomic E-state index is -0.671. The molecule has 1 amide bonds. The number of aryl methyl sites for hydroxylation is 1. The monoisotopic (exact) mass is 527 g/mol. The van der Waals surface area contributed by atoms with Gasteiger partial charge < -0.3 is 16.2 Å². The van der Waals surface area contributed by atoms with Gasteiger partial charge in [-0.2, -0.15) is 0 Å². The molecule has 38 heavy (non-hydrogen) atoms. The fourth-order valence-electron chi connectivity index (χ4n) is 3.82. The van der Waals surface area contributed by atoms with E-state index in [0.717, 1.165) is 23.1 Å². The average Bonchev–Trinajstić information content (AvgIpc) is 3.27. The van der Waals surface area contributed by atoms with Crippen LogP contribution >= 0.6 is 0 Å². The Morgan fingerprint density at radius 3 is 2.47 bits per heavy atom. The number of benzene rings is 1. The summed E-state index contributed by atoms with van der Waals surface area (Å²) < 4.78 is 34.0. The molecule has 0 fully saturated rings. The van der Waals surface area contributed by atoms with Crippen LogP contribution in [-0.2, 0) is 4.79 Å². The van der Waals surface area contributed by atoms with Gasteiger partial charge in [-0.1, -0.05) is 71.9 Å². The van der Waals surface area contributed by atoms with Crippen LogP contribution in [0.5, 0.6) is 5.75 Å². The number of unbranched alkanes of at least 4 members (excludes halogenated alkanes) is 1. The van der Waals surface area contributed by atoms with Crippen molar-refractivity contribution < 1.29 is 18.3 Å². The highest BCUT2D eigenvalue weighted by molar-refractivity contribution is 5.71. The third-order valence-electron chi connectivity index (χ3n) is 6.40. The van der Waals surface area contributed by atoms with Crippen molar-refractivity contribution in [3.63, 3.8) is 0 Å². The van der Waals surface area contributed by atoms with Gasteiger partial charge in [-0.25, -0.2) is 13.8 Å². The van der Waals surface area contributed by atoms with Gasteiger partial charge in [0.1, 0.15) is 23.1 Å². The maximum atomic E-state index is 14.5. The normalized spacial score (nSPS) is 15.2. The zero-order valence-corrected chi connectivity index (χ0v) is 23.4. The maximum Gasteiger partial charge on any atom is 0.204 e. The van der Waals surface area contributed by atoms with Gasteiger partial charge in [-0.15, -0.1) is 0 Å². The van der Waals surface area contributed by atoms with E-state index in [1.165, 1.54) is 25.3 Å². The van der Waals surface area contributed by atoms with Crippen LogP contribution in [0.2, 0.25) is 0 Å². The first-order valence-corrected chi connectivity index (χ1v) is 13.1. The van der Waals surface area contributed by atoms with Crippen LogP contribution in [0.1, 0.15) is 75.6 Å². The van der Waals surface area contributed by atoms with E-state index in [9.17, 15) is 8.78 Å². The Bertz CT molecular complexity index is 1110. The van der Waals surface area contributed by atoms with Gasteiger partial charge >= 0.3 is 0 Å². The fourth-order valence-corrected chi connectivity index (χ4v) is 3.82. The second kappa shape index (κ2) is 16.5. The Morgan fingerprint density at radius 1 is 1.26 bits per heavy atom. The average molecular weight is 528 g/mol. The summed E-state index contributed by atoms with van der Waals surface area (Å²) in [5.74, 6) is -0.0228. The molecule has 2 heterocycles. The van der Waals surface area contributed by atoms with E-state index in [-0.39, 0.29) is 23.8 Å². The summed E-state index contributed by atoms with van der Waals surface area (Å²) >= 11 is 0. The predicted octanol–water partition coefficient (Wildman–Crippen LogP) is 7.11. The van der Waals surface area contributed by atoms with E-state index in [2.05, 4.69) is 56.8 Å². The Kier molecular flexibility index (Phi) is 14.2. The molecule has 1 aromatic carbocycles. The SMILES string of the molecule is C=CC(=C)C(CN)c1cc2c(c(-c3cc(C)c(F)cc3F)n1)OCC2C.CCC/C=C\C(C)CC.NC=O. The number of amides is 1. The molecule has 5 nitrogen and oxygen atoms in total. The zero-order chi connectivity index (χ0) is 28.8. The van der Waals surface area contributed by atoms with Crippen LogP contribution in [0, 0.1) is 24.5 Å². The summed E-state index contributed by atoms with van der Waals surface area (Å²) in [5.41, 5.74) is 13.4. The third-order valence-corrected chi connectivity index (χ3v) is 6.40. The molecule has 0 saturated carbocycles. The number of hydrogen-bond acceptors (Lipinski definition) is 4. The smallest absolute Gasteiger partial charge is 0.204 e. The van der Waals surface area contributed by atoms with Gasteiger partial charge in [0.05, 0.1) is 12.3 Å². The number of nitrogens with zero attached hydrogens (tertiary/aromatic N) is 1. The summed E-state index contributed by atoms with van der Waals surface area (Å²) in [4.78, 5) is 13.2. The molecule has 1 aliphatic rings. The van der Waals surface area contributed by atoms with E-state index in [1.807, 2.05) is 13.0 Å². The number of halogens is 2. The predicted molar refractivity (Wildman–Crippen MR) is 153 cm³/mol. The van der Waals surface area contributed by atoms with E-state index in [4.69, 9.17) is 15.3 Å². The van der Waals surface area contributed by atoms with Crippen LogP contribution in [-0.4, -0.2) is 24.5 Å². The molecule has 0 saturated heterocycles. The quantitative estimate of drug-likeness (QED) is 0.207. The number of rotatable bonds is 9. The number of hydrogen-bond donors (Lipinski definition) is 2. The first kappa shape index (κ1) is 32.7. The van der Waals surface area contributed by atoms with Gasteiger partial charge in [-0.3, -0.25) is 4.79 Å². The molecule has 208 valence electrons. The standard InChI is InChI=1S/C21H22F2N2O.C9H18.CH3NO/c1-5-11(2)16(9-24)19-7-14-13(4)10-26-21(14)20(25-19)15-6-12(3)17(22)8-18(15)23;1-4-6-7-8-9(3)5-2;2-1-3/h5-8,13,16H,1-2,9-10,24H2,3-4H3;7-9H,4-6H2,1-3H3;1H,(H2,2,3)/b;8-7-;. The van der Waals surface area contributed by atoms with Gasteiger partial charge in [0.15, 0.2) is 0 Å². The molecule has 0 aliphatic carbocycles. The molecule has 7 heteroatoms. The summed E-state index contributed by atoms with van der Waals surface area (Å²) in [6.45, 7) is 18.8. The van der Waals surface area contributed by atoms with E-state index in [1.54, 1.807) is 13.0 Å². The van der Waals surface area contributed by atoms with Crippen molar-refractivity contribution in [3.05, 3.63) is 83.6 Å². The van der Waals surface area contributed by atoms with Crippen LogP contribution in [0.4, 0.5) is 8.78 Å². The van der Waals surface area contributed by atoms with Gasteiger partial charge in [0.25, 0.3) is 0 Å². The highest BCUT2D eigenvalue weighted by Gasteiger charge is 2.29. The molecule has 0 bridgehead atoms.